The average molecular weight is 587 g/mol. The first-order chi connectivity index (χ1) is 19.6. The van der Waals surface area contributed by atoms with Crippen LogP contribution in [0, 0.1) is 5.41 Å². The van der Waals surface area contributed by atoms with Gasteiger partial charge < -0.3 is 20.3 Å². The molecule has 2 N–H and O–H groups in total. The maximum absolute atomic E-state index is 13.1. The number of carbonyl (C=O) groups excluding carboxylic acids is 1. The summed E-state index contributed by atoms with van der Waals surface area (Å²) in [6.07, 6.45) is -0.601. The number of nitrogens with zero attached hydrogens (tertiary/aromatic N) is 4. The fraction of sp³-hybridized carbons (Fsp3) is 0.448. The summed E-state index contributed by atoms with van der Waals surface area (Å²) in [6, 6.07) is 14.2. The predicted molar refractivity (Wildman–Crippen MR) is 147 cm³/mol. The number of alkyl halides is 3. The number of carbonyl (C=O) groups is 1. The van der Waals surface area contributed by atoms with Crippen molar-refractivity contribution in [2.75, 3.05) is 38.1 Å². The second-order valence-corrected chi connectivity index (χ2v) is 11.7. The molecule has 2 aliphatic heterocycles. The van der Waals surface area contributed by atoms with Gasteiger partial charge in [-0.05, 0) is 67.6 Å². The number of hydrogen-bond donors (Lipinski definition) is 2. The monoisotopic (exact) mass is 586 g/mol. The molecule has 8 nitrogen and oxygen atoms in total. The highest BCUT2D eigenvalue weighted by molar-refractivity contribution is 6.30. The highest BCUT2D eigenvalue weighted by Crippen LogP contribution is 2.48. The molecular weight excluding hydrogens is 557 g/mol. The lowest BCUT2D eigenvalue weighted by molar-refractivity contribution is -0.154. The van der Waals surface area contributed by atoms with E-state index in [0.29, 0.717) is 10.6 Å². The second kappa shape index (κ2) is 10.8. The molecule has 3 aromatic rings. The Balaban J connectivity index is 1.18. The normalized spacial score (nSPS) is 21.3. The summed E-state index contributed by atoms with van der Waals surface area (Å²) in [7, 11) is 0. The Labute approximate surface area is 240 Å². The molecule has 0 radical (unpaired) electrons. The molecule has 12 heteroatoms. The lowest BCUT2D eigenvalue weighted by atomic mass is 9.86. The van der Waals surface area contributed by atoms with Gasteiger partial charge in [0.25, 0.3) is 5.91 Å². The molecule has 3 fully saturated rings. The van der Waals surface area contributed by atoms with E-state index in [1.54, 1.807) is 24.3 Å². The molecule has 1 saturated carbocycles. The van der Waals surface area contributed by atoms with Gasteiger partial charge in [-0.1, -0.05) is 35.9 Å². The second-order valence-electron chi connectivity index (χ2n) is 11.3. The van der Waals surface area contributed by atoms with Crippen molar-refractivity contribution in [1.82, 2.24) is 25.2 Å². The third-order valence-electron chi connectivity index (χ3n) is 8.14. The zero-order valence-electron chi connectivity index (χ0n) is 22.3. The largest absolute Gasteiger partial charge is 0.454 e. The van der Waals surface area contributed by atoms with Gasteiger partial charge in [0.15, 0.2) is 6.61 Å². The van der Waals surface area contributed by atoms with Crippen LogP contribution >= 0.6 is 11.6 Å². The van der Waals surface area contributed by atoms with Crippen LogP contribution in [0.4, 0.5) is 19.1 Å². The number of rotatable bonds is 8. The number of halogens is 4. The maximum atomic E-state index is 13.1. The lowest BCUT2D eigenvalue weighted by Crippen LogP contribution is -2.33. The summed E-state index contributed by atoms with van der Waals surface area (Å²) in [4.78, 5) is 27.8. The molecule has 41 heavy (non-hydrogen) atoms. The third kappa shape index (κ3) is 6.41. The van der Waals surface area contributed by atoms with E-state index in [-0.39, 0.29) is 29.5 Å². The lowest BCUT2D eigenvalue weighted by Gasteiger charge is -2.22. The van der Waals surface area contributed by atoms with Gasteiger partial charge in [-0.3, -0.25) is 4.79 Å². The minimum absolute atomic E-state index is 0.00624. The van der Waals surface area contributed by atoms with E-state index in [4.69, 9.17) is 16.3 Å². The Morgan fingerprint density at radius 3 is 2.44 bits per heavy atom. The Hall–Kier alpha value is -3.44. The SMILES string of the molecule is O=C(c1ccc(Cc2nc(NC3(c4ccc(Cl)cc4)CC3)nc(OCC(F)(F)F)n2)cc1)N1CCC2(CCNC2)C1. The fourth-order valence-corrected chi connectivity index (χ4v) is 5.85. The van der Waals surface area contributed by atoms with Gasteiger partial charge >= 0.3 is 12.2 Å². The highest BCUT2D eigenvalue weighted by atomic mass is 35.5. The molecule has 1 aliphatic carbocycles. The molecule has 1 aromatic heterocycles. The molecule has 216 valence electrons. The number of nitrogens with one attached hydrogen (secondary N) is 2. The van der Waals surface area contributed by atoms with Crippen molar-refractivity contribution >= 4 is 23.5 Å². The smallest absolute Gasteiger partial charge is 0.422 e. The third-order valence-corrected chi connectivity index (χ3v) is 8.40. The van der Waals surface area contributed by atoms with E-state index in [1.165, 1.54) is 0 Å². The van der Waals surface area contributed by atoms with Gasteiger partial charge in [-0.15, -0.1) is 0 Å². The van der Waals surface area contributed by atoms with Crippen LogP contribution in [-0.4, -0.2) is 64.7 Å². The zero-order chi connectivity index (χ0) is 28.7. The van der Waals surface area contributed by atoms with E-state index < -0.39 is 24.3 Å². The summed E-state index contributed by atoms with van der Waals surface area (Å²) in [6.45, 7) is 1.95. The summed E-state index contributed by atoms with van der Waals surface area (Å²) in [5.74, 6) is 0.392. The van der Waals surface area contributed by atoms with Crippen molar-refractivity contribution in [3.05, 3.63) is 76.1 Å². The molecule has 1 spiro atoms. The van der Waals surface area contributed by atoms with Crippen molar-refractivity contribution in [2.24, 2.45) is 5.41 Å². The van der Waals surface area contributed by atoms with Gasteiger partial charge in [0.1, 0.15) is 5.82 Å². The molecule has 3 heterocycles. The fourth-order valence-electron chi connectivity index (χ4n) is 5.72. The first kappa shape index (κ1) is 27.7. The average Bonchev–Trinajstić information content (AvgIpc) is 3.37. The van der Waals surface area contributed by atoms with Crippen LogP contribution in [0.1, 0.15) is 53.0 Å². The molecule has 2 aromatic carbocycles. The molecule has 3 aliphatic rings. The number of aromatic nitrogens is 3. The van der Waals surface area contributed by atoms with E-state index in [9.17, 15) is 18.0 Å². The first-order valence-corrected chi connectivity index (χ1v) is 14.1. The molecule has 6 rings (SSSR count). The van der Waals surface area contributed by atoms with E-state index in [1.807, 2.05) is 29.2 Å². The van der Waals surface area contributed by atoms with Crippen LogP contribution in [-0.2, 0) is 12.0 Å². The van der Waals surface area contributed by atoms with Crippen LogP contribution in [0.25, 0.3) is 0 Å². The van der Waals surface area contributed by atoms with Crippen molar-refractivity contribution in [2.45, 2.75) is 43.8 Å². The number of benzene rings is 2. The number of amides is 1. The quantitative estimate of drug-likeness (QED) is 0.384. The number of hydrogen-bond acceptors (Lipinski definition) is 7. The molecular formula is C29H30ClF3N6O2. The Bertz CT molecular complexity index is 1410. The van der Waals surface area contributed by atoms with Crippen molar-refractivity contribution < 1.29 is 22.7 Å². The Kier molecular flexibility index (Phi) is 7.27. The summed E-state index contributed by atoms with van der Waals surface area (Å²) in [5, 5.41) is 7.30. The number of anilines is 1. The maximum Gasteiger partial charge on any atom is 0.422 e. The van der Waals surface area contributed by atoms with Gasteiger partial charge in [-0.2, -0.15) is 28.1 Å². The minimum Gasteiger partial charge on any atom is -0.454 e. The highest BCUT2D eigenvalue weighted by Gasteiger charge is 2.45. The molecule has 1 atom stereocenters. The van der Waals surface area contributed by atoms with E-state index >= 15 is 0 Å². The van der Waals surface area contributed by atoms with Crippen molar-refractivity contribution in [3.8, 4) is 6.01 Å². The summed E-state index contributed by atoms with van der Waals surface area (Å²) in [5.41, 5.74) is 2.14. The van der Waals surface area contributed by atoms with Gasteiger partial charge in [0, 0.05) is 42.1 Å². The predicted octanol–water partition coefficient (Wildman–Crippen LogP) is 4.98. The Morgan fingerprint density at radius 2 is 1.78 bits per heavy atom. The Morgan fingerprint density at radius 1 is 1.02 bits per heavy atom. The minimum atomic E-state index is -4.53. The number of likely N-dealkylation sites (tertiary alicyclic amines) is 1. The molecule has 1 unspecified atom stereocenters. The van der Waals surface area contributed by atoms with Gasteiger partial charge in [0.05, 0.1) is 5.54 Å². The van der Waals surface area contributed by atoms with Crippen LogP contribution in [0.15, 0.2) is 48.5 Å². The summed E-state index contributed by atoms with van der Waals surface area (Å²) < 4.78 is 43.5. The van der Waals surface area contributed by atoms with E-state index in [2.05, 4.69) is 25.6 Å². The van der Waals surface area contributed by atoms with Gasteiger partial charge in [-0.25, -0.2) is 0 Å². The zero-order valence-corrected chi connectivity index (χ0v) is 23.1. The molecule has 2 saturated heterocycles. The van der Waals surface area contributed by atoms with Crippen molar-refractivity contribution in [1.29, 1.82) is 0 Å². The van der Waals surface area contributed by atoms with Crippen LogP contribution in [0.5, 0.6) is 6.01 Å². The van der Waals surface area contributed by atoms with Crippen LogP contribution < -0.4 is 15.4 Å². The van der Waals surface area contributed by atoms with Gasteiger partial charge in [0.2, 0.25) is 5.95 Å². The standard InChI is InChI=1S/C29H30ClF3N6O2/c30-22-7-5-21(6-8-22)28(9-10-28)38-25-35-23(36-26(37-25)41-18-29(31,32)33)15-19-1-3-20(4-2-19)24(40)39-14-12-27(17-39)11-13-34-16-27/h1-8,34H,9-18H2,(H,35,36,37,38). The van der Waals surface area contributed by atoms with Crippen molar-refractivity contribution in [3.63, 3.8) is 0 Å². The first-order valence-electron chi connectivity index (χ1n) is 13.7. The van der Waals surface area contributed by atoms with Crippen LogP contribution in [0.2, 0.25) is 5.02 Å². The summed E-state index contributed by atoms with van der Waals surface area (Å²) >= 11 is 6.03. The number of ether oxygens (including phenoxy) is 1. The van der Waals surface area contributed by atoms with E-state index in [0.717, 1.165) is 63.0 Å². The molecule has 1 amide bonds. The topological polar surface area (TPSA) is 92.3 Å². The van der Waals surface area contributed by atoms with Crippen LogP contribution in [0.3, 0.4) is 0 Å². The molecule has 0 bridgehead atoms.